The van der Waals surface area contributed by atoms with E-state index in [1.807, 2.05) is 0 Å². The highest BCUT2D eigenvalue weighted by Crippen LogP contribution is 2.11. The lowest BCUT2D eigenvalue weighted by Gasteiger charge is -2.19. The molecule has 0 spiro atoms. The minimum Gasteiger partial charge on any atom is -0.303 e. The van der Waals surface area contributed by atoms with Gasteiger partial charge in [-0.15, -0.1) is 0 Å². The Hall–Kier alpha value is -0.880. The number of aromatic amines is 2. The predicted octanol–water partition coefficient (Wildman–Crippen LogP) is 0.966. The van der Waals surface area contributed by atoms with Gasteiger partial charge in [-0.1, -0.05) is 6.92 Å². The van der Waals surface area contributed by atoms with Gasteiger partial charge in [0.05, 0.1) is 0 Å². The summed E-state index contributed by atoms with van der Waals surface area (Å²) in [6.07, 6.45) is 2.60. The van der Waals surface area contributed by atoms with E-state index in [-0.39, 0.29) is 5.69 Å². The molecule has 2 heterocycles. The van der Waals surface area contributed by atoms with Crippen LogP contribution in [0.1, 0.15) is 19.8 Å². The minimum absolute atomic E-state index is 0.140. The van der Waals surface area contributed by atoms with E-state index in [1.165, 1.54) is 25.9 Å². The summed E-state index contributed by atoms with van der Waals surface area (Å²) in [7, 11) is 0. The van der Waals surface area contributed by atoms with Gasteiger partial charge in [-0.25, -0.2) is 9.89 Å². The van der Waals surface area contributed by atoms with Crippen molar-refractivity contribution >= 4 is 12.2 Å². The monoisotopic (exact) mass is 242 g/mol. The fraction of sp³-hybridized carbons (Fsp3) is 0.800. The van der Waals surface area contributed by atoms with Crippen molar-refractivity contribution in [1.29, 1.82) is 0 Å². The molecule has 0 saturated carbocycles. The zero-order valence-electron chi connectivity index (χ0n) is 9.53. The van der Waals surface area contributed by atoms with Crippen molar-refractivity contribution in [2.24, 2.45) is 5.92 Å². The lowest BCUT2D eigenvalue weighted by Crippen LogP contribution is -2.30. The van der Waals surface area contributed by atoms with Crippen molar-refractivity contribution in [3.63, 3.8) is 0 Å². The number of nitrogens with zero attached hydrogens (tertiary/aromatic N) is 2. The Balaban J connectivity index is 1.94. The maximum absolute atomic E-state index is 11.4. The molecule has 1 fully saturated rings. The first-order valence-electron chi connectivity index (χ1n) is 5.76. The first-order valence-corrected chi connectivity index (χ1v) is 6.17. The van der Waals surface area contributed by atoms with Crippen molar-refractivity contribution in [1.82, 2.24) is 19.7 Å². The summed E-state index contributed by atoms with van der Waals surface area (Å²) in [4.78, 5) is 13.9. The van der Waals surface area contributed by atoms with Crippen LogP contribution >= 0.6 is 12.2 Å². The predicted molar refractivity (Wildman–Crippen MR) is 65.1 cm³/mol. The number of hydrogen-bond acceptors (Lipinski definition) is 3. The molecule has 1 aliphatic heterocycles. The standard InChI is InChI=1S/C10H18N4OS/c1-8(6-13-4-2-3-5-13)7-14-9(15)11-12-10(14)16/h8H,2-7H2,1H3,(H,11,15)(H,12,16). The highest BCUT2D eigenvalue weighted by Gasteiger charge is 2.15. The Morgan fingerprint density at radius 1 is 1.31 bits per heavy atom. The molecule has 16 heavy (non-hydrogen) atoms. The Labute approximate surface area is 99.5 Å². The zero-order chi connectivity index (χ0) is 11.5. The molecule has 1 saturated heterocycles. The van der Waals surface area contributed by atoms with E-state index in [1.54, 1.807) is 4.57 Å². The summed E-state index contributed by atoms with van der Waals surface area (Å²) >= 11 is 5.04. The normalized spacial score (nSPS) is 19.1. The van der Waals surface area contributed by atoms with Crippen LogP contribution in [-0.4, -0.2) is 39.3 Å². The number of aromatic nitrogens is 3. The summed E-state index contributed by atoms with van der Waals surface area (Å²) in [5.41, 5.74) is -0.140. The molecule has 0 amide bonds. The smallest absolute Gasteiger partial charge is 0.303 e. The van der Waals surface area contributed by atoms with E-state index >= 15 is 0 Å². The Kier molecular flexibility index (Phi) is 3.60. The molecule has 6 heteroatoms. The van der Waals surface area contributed by atoms with E-state index in [0.29, 0.717) is 17.2 Å². The molecule has 2 N–H and O–H groups in total. The second kappa shape index (κ2) is 4.97. The zero-order valence-corrected chi connectivity index (χ0v) is 10.3. The van der Waals surface area contributed by atoms with Gasteiger partial charge in [0.2, 0.25) is 0 Å². The molecule has 1 aliphatic rings. The van der Waals surface area contributed by atoms with Crippen molar-refractivity contribution in [3.8, 4) is 0 Å². The highest BCUT2D eigenvalue weighted by molar-refractivity contribution is 7.71. The lowest BCUT2D eigenvalue weighted by atomic mass is 10.1. The molecule has 0 bridgehead atoms. The Morgan fingerprint density at radius 2 is 2.00 bits per heavy atom. The van der Waals surface area contributed by atoms with E-state index in [2.05, 4.69) is 22.0 Å². The van der Waals surface area contributed by atoms with Gasteiger partial charge in [-0.3, -0.25) is 9.67 Å². The number of rotatable bonds is 4. The third-order valence-corrected chi connectivity index (χ3v) is 3.35. The fourth-order valence-electron chi connectivity index (χ4n) is 2.28. The summed E-state index contributed by atoms with van der Waals surface area (Å²) in [5.74, 6) is 0.446. The third kappa shape index (κ3) is 2.62. The molecule has 0 aromatic carbocycles. The van der Waals surface area contributed by atoms with Crippen LogP contribution in [0.4, 0.5) is 0 Å². The van der Waals surface area contributed by atoms with E-state index in [9.17, 15) is 4.79 Å². The van der Waals surface area contributed by atoms with Crippen molar-refractivity contribution < 1.29 is 0 Å². The summed E-state index contributed by atoms with van der Waals surface area (Å²) in [6.45, 7) is 6.28. The topological polar surface area (TPSA) is 56.8 Å². The van der Waals surface area contributed by atoms with Crippen LogP contribution in [0.25, 0.3) is 0 Å². The van der Waals surface area contributed by atoms with E-state index in [0.717, 1.165) is 6.54 Å². The van der Waals surface area contributed by atoms with Crippen LogP contribution in [0.5, 0.6) is 0 Å². The summed E-state index contributed by atoms with van der Waals surface area (Å²) in [6, 6.07) is 0. The molecular weight excluding hydrogens is 224 g/mol. The maximum atomic E-state index is 11.4. The quantitative estimate of drug-likeness (QED) is 0.773. The average molecular weight is 242 g/mol. The summed E-state index contributed by atoms with van der Waals surface area (Å²) < 4.78 is 2.08. The minimum atomic E-state index is -0.140. The van der Waals surface area contributed by atoms with E-state index in [4.69, 9.17) is 12.2 Å². The molecule has 1 atom stereocenters. The van der Waals surface area contributed by atoms with Gasteiger partial charge in [-0.2, -0.15) is 0 Å². The van der Waals surface area contributed by atoms with Crippen LogP contribution in [0, 0.1) is 10.7 Å². The number of likely N-dealkylation sites (tertiary alicyclic amines) is 1. The van der Waals surface area contributed by atoms with Gasteiger partial charge in [0.1, 0.15) is 0 Å². The molecule has 2 rings (SSSR count). The summed E-state index contributed by atoms with van der Waals surface area (Å²) in [5, 5.41) is 5.16. The van der Waals surface area contributed by atoms with Gasteiger partial charge in [-0.05, 0) is 44.1 Å². The van der Waals surface area contributed by atoms with Gasteiger partial charge in [0.25, 0.3) is 0 Å². The molecule has 90 valence electrons. The first-order chi connectivity index (χ1) is 7.66. The first kappa shape index (κ1) is 11.6. The van der Waals surface area contributed by atoms with E-state index < -0.39 is 0 Å². The molecule has 1 unspecified atom stereocenters. The third-order valence-electron chi connectivity index (χ3n) is 3.03. The molecule has 5 nitrogen and oxygen atoms in total. The average Bonchev–Trinajstić information content (AvgIpc) is 2.83. The Morgan fingerprint density at radius 3 is 2.56 bits per heavy atom. The largest absolute Gasteiger partial charge is 0.342 e. The van der Waals surface area contributed by atoms with Crippen LogP contribution in [0.2, 0.25) is 0 Å². The highest BCUT2D eigenvalue weighted by atomic mass is 32.1. The SMILES string of the molecule is CC(CN1CCCC1)Cn1c(=O)[nH][nH]c1=S. The van der Waals surface area contributed by atoms with Crippen LogP contribution in [0.3, 0.4) is 0 Å². The fourth-order valence-corrected chi connectivity index (χ4v) is 2.48. The van der Waals surface area contributed by atoms with Crippen LogP contribution in [0.15, 0.2) is 4.79 Å². The lowest BCUT2D eigenvalue weighted by molar-refractivity contribution is 0.270. The second-order valence-corrected chi connectivity index (χ2v) is 4.97. The number of H-pyrrole nitrogens is 2. The van der Waals surface area contributed by atoms with Crippen LogP contribution in [-0.2, 0) is 6.54 Å². The second-order valence-electron chi connectivity index (χ2n) is 4.58. The van der Waals surface area contributed by atoms with Gasteiger partial charge in [0, 0.05) is 13.1 Å². The van der Waals surface area contributed by atoms with Gasteiger partial charge >= 0.3 is 5.69 Å². The molecular formula is C10H18N4OS. The van der Waals surface area contributed by atoms with Crippen LogP contribution < -0.4 is 5.69 Å². The van der Waals surface area contributed by atoms with Crippen molar-refractivity contribution in [3.05, 3.63) is 15.3 Å². The maximum Gasteiger partial charge on any atom is 0.342 e. The molecule has 1 aromatic heterocycles. The van der Waals surface area contributed by atoms with Gasteiger partial charge < -0.3 is 4.90 Å². The van der Waals surface area contributed by atoms with Crippen molar-refractivity contribution in [2.45, 2.75) is 26.3 Å². The molecule has 0 radical (unpaired) electrons. The Bertz CT molecular complexity index is 413. The van der Waals surface area contributed by atoms with Gasteiger partial charge in [0.15, 0.2) is 4.77 Å². The number of nitrogens with one attached hydrogen (secondary N) is 2. The molecule has 1 aromatic rings. The molecule has 0 aliphatic carbocycles. The number of hydrogen-bond donors (Lipinski definition) is 2. The van der Waals surface area contributed by atoms with Crippen molar-refractivity contribution in [2.75, 3.05) is 19.6 Å².